The number of benzene rings is 2. The van der Waals surface area contributed by atoms with Gasteiger partial charge in [0, 0.05) is 28.8 Å². The maximum Gasteiger partial charge on any atom is 0.251 e. The largest absolute Gasteiger partial charge is 0.371 e. The summed E-state index contributed by atoms with van der Waals surface area (Å²) in [5.74, 6) is 0.714. The van der Waals surface area contributed by atoms with Crippen molar-refractivity contribution in [3.05, 3.63) is 64.1 Å². The predicted octanol–water partition coefficient (Wildman–Crippen LogP) is 5.18. The highest BCUT2D eigenvalue weighted by molar-refractivity contribution is 9.10. The van der Waals surface area contributed by atoms with Crippen molar-refractivity contribution < 1.29 is 4.79 Å². The molecule has 0 unspecified atom stereocenters. The van der Waals surface area contributed by atoms with E-state index < -0.39 is 0 Å². The quantitative estimate of drug-likeness (QED) is 0.766. The first kappa shape index (κ1) is 18.0. The van der Waals surface area contributed by atoms with Crippen LogP contribution in [0, 0.1) is 5.92 Å². The van der Waals surface area contributed by atoms with Gasteiger partial charge >= 0.3 is 0 Å². The molecule has 2 atom stereocenters. The molecular weight excluding hydrogens is 376 g/mol. The molecule has 3 nitrogen and oxygen atoms in total. The van der Waals surface area contributed by atoms with E-state index in [0.29, 0.717) is 5.56 Å². The van der Waals surface area contributed by atoms with Gasteiger partial charge in [-0.2, -0.15) is 0 Å². The Balaban J connectivity index is 1.63. The number of carbonyl (C=O) groups excluding carboxylic acids is 1. The number of halogens is 1. The fraction of sp³-hybridized carbons (Fsp3) is 0.381. The van der Waals surface area contributed by atoms with Crippen LogP contribution in [0.25, 0.3) is 0 Å². The number of hydrogen-bond acceptors (Lipinski definition) is 2. The normalized spacial score (nSPS) is 18.7. The molecule has 0 bridgehead atoms. The summed E-state index contributed by atoms with van der Waals surface area (Å²) in [7, 11) is 0. The molecule has 132 valence electrons. The molecule has 2 aromatic carbocycles. The van der Waals surface area contributed by atoms with Crippen LogP contribution in [-0.4, -0.2) is 19.0 Å². The first-order valence-corrected chi connectivity index (χ1v) is 9.73. The molecule has 1 saturated heterocycles. The number of hydrogen-bond donors (Lipinski definition) is 1. The van der Waals surface area contributed by atoms with Gasteiger partial charge in [-0.15, -0.1) is 0 Å². The van der Waals surface area contributed by atoms with Crippen LogP contribution in [0.2, 0.25) is 0 Å². The molecule has 0 radical (unpaired) electrons. The lowest BCUT2D eigenvalue weighted by molar-refractivity contribution is 0.0940. The third-order valence-electron chi connectivity index (χ3n) is 4.87. The monoisotopic (exact) mass is 400 g/mol. The van der Waals surface area contributed by atoms with Gasteiger partial charge in [0.1, 0.15) is 0 Å². The molecule has 0 aromatic heterocycles. The fourth-order valence-corrected chi connectivity index (χ4v) is 3.63. The van der Waals surface area contributed by atoms with Gasteiger partial charge < -0.3 is 10.2 Å². The Morgan fingerprint density at radius 1 is 1.16 bits per heavy atom. The smallest absolute Gasteiger partial charge is 0.251 e. The molecule has 2 aromatic rings. The van der Waals surface area contributed by atoms with E-state index >= 15 is 0 Å². The molecule has 1 aliphatic rings. The average Bonchev–Trinajstić information content (AvgIpc) is 2.62. The van der Waals surface area contributed by atoms with Crippen molar-refractivity contribution in [2.24, 2.45) is 5.92 Å². The molecule has 4 heteroatoms. The first-order chi connectivity index (χ1) is 12.0. The number of nitrogens with zero attached hydrogens (tertiary/aromatic N) is 1. The third-order valence-corrected chi connectivity index (χ3v) is 5.40. The lowest BCUT2D eigenvalue weighted by Gasteiger charge is -2.33. The van der Waals surface area contributed by atoms with Crippen LogP contribution in [0.5, 0.6) is 0 Å². The van der Waals surface area contributed by atoms with Crippen LogP contribution in [0.4, 0.5) is 5.69 Å². The van der Waals surface area contributed by atoms with Crippen molar-refractivity contribution >= 4 is 27.5 Å². The molecule has 0 aliphatic carbocycles. The predicted molar refractivity (Wildman–Crippen MR) is 107 cm³/mol. The maximum atomic E-state index is 12.4. The molecule has 1 aliphatic heterocycles. The molecule has 1 fully saturated rings. The summed E-state index contributed by atoms with van der Waals surface area (Å²) in [5, 5.41) is 3.07. The molecule has 0 saturated carbocycles. The summed E-state index contributed by atoms with van der Waals surface area (Å²) < 4.78 is 0.972. The van der Waals surface area contributed by atoms with Gasteiger partial charge in [0.15, 0.2) is 0 Å². The Morgan fingerprint density at radius 3 is 2.48 bits per heavy atom. The lowest BCUT2D eigenvalue weighted by atomic mass is 9.99. The van der Waals surface area contributed by atoms with Gasteiger partial charge in [0.2, 0.25) is 0 Å². The van der Waals surface area contributed by atoms with E-state index in [-0.39, 0.29) is 11.9 Å². The van der Waals surface area contributed by atoms with Gasteiger partial charge in [0.25, 0.3) is 5.91 Å². The number of rotatable bonds is 4. The molecule has 1 amide bonds. The summed E-state index contributed by atoms with van der Waals surface area (Å²) in [5.41, 5.74) is 3.08. The van der Waals surface area contributed by atoms with E-state index in [0.717, 1.165) is 29.0 Å². The number of amides is 1. The van der Waals surface area contributed by atoms with Gasteiger partial charge in [-0.3, -0.25) is 4.79 Å². The number of nitrogens with one attached hydrogen (secondary N) is 1. The highest BCUT2D eigenvalue weighted by atomic mass is 79.9. The van der Waals surface area contributed by atoms with Crippen LogP contribution in [0.15, 0.2) is 53.0 Å². The van der Waals surface area contributed by atoms with Crippen molar-refractivity contribution in [3.8, 4) is 0 Å². The minimum atomic E-state index is -0.0473. The third kappa shape index (κ3) is 4.63. The Labute approximate surface area is 158 Å². The number of anilines is 1. The summed E-state index contributed by atoms with van der Waals surface area (Å²) in [4.78, 5) is 14.8. The average molecular weight is 401 g/mol. The van der Waals surface area contributed by atoms with Crippen molar-refractivity contribution in [2.75, 3.05) is 18.0 Å². The van der Waals surface area contributed by atoms with Gasteiger partial charge in [-0.25, -0.2) is 0 Å². The second kappa shape index (κ2) is 8.05. The van der Waals surface area contributed by atoms with E-state index in [1.807, 2.05) is 31.2 Å². The Morgan fingerprint density at radius 2 is 1.84 bits per heavy atom. The highest BCUT2D eigenvalue weighted by Gasteiger charge is 2.17. The zero-order valence-corrected chi connectivity index (χ0v) is 16.4. The van der Waals surface area contributed by atoms with Gasteiger partial charge in [-0.05, 0) is 67.6 Å². The topological polar surface area (TPSA) is 32.3 Å². The zero-order valence-electron chi connectivity index (χ0n) is 14.8. The van der Waals surface area contributed by atoms with E-state index in [1.54, 1.807) is 0 Å². The van der Waals surface area contributed by atoms with E-state index in [4.69, 9.17) is 0 Å². The van der Waals surface area contributed by atoms with Crippen molar-refractivity contribution in [3.63, 3.8) is 0 Å². The minimum absolute atomic E-state index is 0.0227. The molecular formula is C21H25BrN2O. The summed E-state index contributed by atoms with van der Waals surface area (Å²) in [6, 6.07) is 16.0. The molecule has 1 N–H and O–H groups in total. The Hall–Kier alpha value is -1.81. The van der Waals surface area contributed by atoms with Crippen molar-refractivity contribution in [2.45, 2.75) is 32.7 Å². The molecule has 25 heavy (non-hydrogen) atoms. The zero-order chi connectivity index (χ0) is 17.8. The second-order valence-corrected chi connectivity index (χ2v) is 7.90. The van der Waals surface area contributed by atoms with Gasteiger partial charge in [-0.1, -0.05) is 35.0 Å². The van der Waals surface area contributed by atoms with E-state index in [2.05, 4.69) is 57.3 Å². The van der Waals surface area contributed by atoms with Crippen LogP contribution in [0.3, 0.4) is 0 Å². The molecule has 1 heterocycles. The standard InChI is InChI=1S/C21H25BrN2O/c1-15-4-3-13-24(14-15)20-11-7-17(8-12-20)16(2)23-21(25)18-5-9-19(22)10-6-18/h5-12,15-16H,3-4,13-14H2,1-2H3,(H,23,25)/t15-,16+/m1/s1. The summed E-state index contributed by atoms with van der Waals surface area (Å²) in [6.07, 6.45) is 2.59. The molecule has 0 spiro atoms. The van der Waals surface area contributed by atoms with Gasteiger partial charge in [0.05, 0.1) is 6.04 Å². The SMILES string of the molecule is C[C@@H]1CCCN(c2ccc([C@H](C)NC(=O)c3ccc(Br)cc3)cc2)C1. The molecule has 3 rings (SSSR count). The number of carbonyl (C=O) groups is 1. The summed E-state index contributed by atoms with van der Waals surface area (Å²) >= 11 is 3.39. The van der Waals surface area contributed by atoms with Crippen molar-refractivity contribution in [1.82, 2.24) is 5.32 Å². The second-order valence-electron chi connectivity index (χ2n) is 6.99. The maximum absolute atomic E-state index is 12.4. The minimum Gasteiger partial charge on any atom is -0.371 e. The van der Waals surface area contributed by atoms with Crippen LogP contribution < -0.4 is 10.2 Å². The summed E-state index contributed by atoms with van der Waals surface area (Å²) in [6.45, 7) is 6.61. The fourth-order valence-electron chi connectivity index (χ4n) is 3.36. The Bertz CT molecular complexity index is 712. The van der Waals surface area contributed by atoms with Crippen LogP contribution in [0.1, 0.15) is 48.7 Å². The van der Waals surface area contributed by atoms with Crippen molar-refractivity contribution in [1.29, 1.82) is 0 Å². The lowest BCUT2D eigenvalue weighted by Crippen LogP contribution is -2.34. The van der Waals surface area contributed by atoms with Crippen LogP contribution in [-0.2, 0) is 0 Å². The van der Waals surface area contributed by atoms with E-state index in [9.17, 15) is 4.79 Å². The van der Waals surface area contributed by atoms with Crippen LogP contribution >= 0.6 is 15.9 Å². The first-order valence-electron chi connectivity index (χ1n) is 8.94. The number of piperidine rings is 1. The van der Waals surface area contributed by atoms with E-state index in [1.165, 1.54) is 18.5 Å². The highest BCUT2D eigenvalue weighted by Crippen LogP contribution is 2.24. The Kier molecular flexibility index (Phi) is 5.79.